The van der Waals surface area contributed by atoms with Crippen molar-refractivity contribution >= 4 is 23.1 Å². The third-order valence-electron chi connectivity index (χ3n) is 2.91. The molecule has 0 saturated heterocycles. The molecule has 0 rings (SSSR count). The van der Waals surface area contributed by atoms with Crippen molar-refractivity contribution in [2.45, 2.75) is 26.7 Å². The molecule has 16 heavy (non-hydrogen) atoms. The molecular formula is C11H22N2O2S. The quantitative estimate of drug-likeness (QED) is 0.541. The Labute approximate surface area is 103 Å². The van der Waals surface area contributed by atoms with Crippen LogP contribution in [0.5, 0.6) is 0 Å². The molecule has 0 bridgehead atoms. The normalized spacial score (nSPS) is 14.2. The molecule has 5 heteroatoms. The fourth-order valence-electron chi connectivity index (χ4n) is 1.40. The van der Waals surface area contributed by atoms with E-state index in [0.29, 0.717) is 19.6 Å². The average molecular weight is 246 g/mol. The van der Waals surface area contributed by atoms with E-state index in [1.54, 1.807) is 26.0 Å². The minimum atomic E-state index is -0.725. The third kappa shape index (κ3) is 3.72. The van der Waals surface area contributed by atoms with Crippen LogP contribution in [0.25, 0.3) is 0 Å². The lowest BCUT2D eigenvalue weighted by Crippen LogP contribution is -2.47. The van der Waals surface area contributed by atoms with Crippen molar-refractivity contribution < 1.29 is 9.53 Å². The first kappa shape index (κ1) is 15.3. The molecule has 1 amide bonds. The minimum absolute atomic E-state index is 0.0152. The Morgan fingerprint density at radius 3 is 2.50 bits per heavy atom. The smallest absolute Gasteiger partial charge is 0.235 e. The Hall–Kier alpha value is -0.680. The van der Waals surface area contributed by atoms with E-state index >= 15 is 0 Å². The fourth-order valence-corrected chi connectivity index (χ4v) is 1.63. The lowest BCUT2D eigenvalue weighted by molar-refractivity contribution is -0.136. The summed E-state index contributed by atoms with van der Waals surface area (Å²) in [6, 6.07) is 0. The monoisotopic (exact) mass is 246 g/mol. The molecule has 0 aliphatic rings. The molecule has 0 aliphatic carbocycles. The number of ether oxygens (including phenoxy) is 1. The van der Waals surface area contributed by atoms with Crippen LogP contribution in [0.15, 0.2) is 0 Å². The molecule has 0 spiro atoms. The molecule has 1 unspecified atom stereocenters. The predicted molar refractivity (Wildman–Crippen MR) is 69.3 cm³/mol. The van der Waals surface area contributed by atoms with E-state index in [2.05, 4.69) is 0 Å². The number of carbonyl (C=O) groups is 1. The van der Waals surface area contributed by atoms with Crippen LogP contribution >= 0.6 is 12.2 Å². The number of rotatable bonds is 7. The second-order valence-electron chi connectivity index (χ2n) is 4.12. The van der Waals surface area contributed by atoms with Crippen molar-refractivity contribution in [2.24, 2.45) is 11.1 Å². The first-order valence-electron chi connectivity index (χ1n) is 5.44. The average Bonchev–Trinajstić information content (AvgIpc) is 2.26. The highest BCUT2D eigenvalue weighted by Crippen LogP contribution is 2.24. The Morgan fingerprint density at radius 1 is 1.56 bits per heavy atom. The Morgan fingerprint density at radius 2 is 2.12 bits per heavy atom. The summed E-state index contributed by atoms with van der Waals surface area (Å²) in [6.07, 6.45) is 1.44. The maximum Gasteiger partial charge on any atom is 0.235 e. The summed E-state index contributed by atoms with van der Waals surface area (Å²) in [5, 5.41) is 0. The van der Waals surface area contributed by atoms with E-state index in [9.17, 15) is 4.79 Å². The summed E-state index contributed by atoms with van der Waals surface area (Å²) in [4.78, 5) is 14.1. The number of hydrogen-bond donors (Lipinski definition) is 1. The Bertz CT molecular complexity index is 258. The zero-order valence-electron chi connectivity index (χ0n) is 10.6. The molecule has 94 valence electrons. The number of amides is 1. The molecule has 0 aromatic heterocycles. The van der Waals surface area contributed by atoms with Crippen LogP contribution in [0.4, 0.5) is 0 Å². The van der Waals surface area contributed by atoms with Crippen LogP contribution in [-0.4, -0.2) is 43.1 Å². The third-order valence-corrected chi connectivity index (χ3v) is 3.36. The van der Waals surface area contributed by atoms with E-state index in [1.165, 1.54) is 0 Å². The molecular weight excluding hydrogens is 224 g/mol. The van der Waals surface area contributed by atoms with Crippen molar-refractivity contribution in [1.29, 1.82) is 0 Å². The number of hydrogen-bond acceptors (Lipinski definition) is 3. The summed E-state index contributed by atoms with van der Waals surface area (Å²) in [6.45, 7) is 5.02. The van der Waals surface area contributed by atoms with Gasteiger partial charge in [0.2, 0.25) is 5.91 Å². The van der Waals surface area contributed by atoms with E-state index in [1.807, 2.05) is 6.92 Å². The second-order valence-corrected chi connectivity index (χ2v) is 4.56. The molecule has 1 atom stereocenters. The van der Waals surface area contributed by atoms with Gasteiger partial charge in [0.25, 0.3) is 0 Å². The van der Waals surface area contributed by atoms with Gasteiger partial charge in [-0.05, 0) is 19.8 Å². The van der Waals surface area contributed by atoms with E-state index in [4.69, 9.17) is 22.7 Å². The zero-order valence-corrected chi connectivity index (χ0v) is 11.4. The molecule has 4 nitrogen and oxygen atoms in total. The Kier molecular flexibility index (Phi) is 6.52. The highest BCUT2D eigenvalue weighted by atomic mass is 32.1. The largest absolute Gasteiger partial charge is 0.392 e. The van der Waals surface area contributed by atoms with Gasteiger partial charge in [0.05, 0.1) is 10.4 Å². The van der Waals surface area contributed by atoms with Crippen LogP contribution in [0.3, 0.4) is 0 Å². The van der Waals surface area contributed by atoms with Crippen molar-refractivity contribution in [3.05, 3.63) is 0 Å². The van der Waals surface area contributed by atoms with Gasteiger partial charge in [-0.2, -0.15) is 0 Å². The molecule has 0 aliphatic heterocycles. The van der Waals surface area contributed by atoms with Crippen LogP contribution < -0.4 is 5.73 Å². The molecule has 0 heterocycles. The summed E-state index contributed by atoms with van der Waals surface area (Å²) >= 11 is 4.97. The first-order valence-corrected chi connectivity index (χ1v) is 5.85. The van der Waals surface area contributed by atoms with E-state index < -0.39 is 5.41 Å². The number of nitrogens with two attached hydrogens (primary N) is 1. The molecule has 0 aromatic carbocycles. The first-order chi connectivity index (χ1) is 7.40. The highest BCUT2D eigenvalue weighted by Gasteiger charge is 2.36. The summed E-state index contributed by atoms with van der Waals surface area (Å²) < 4.78 is 4.94. The predicted octanol–water partition coefficient (Wildman–Crippen LogP) is 1.18. The van der Waals surface area contributed by atoms with Crippen molar-refractivity contribution in [1.82, 2.24) is 4.90 Å². The number of methoxy groups -OCH3 is 1. The summed E-state index contributed by atoms with van der Waals surface area (Å²) in [5.74, 6) is -0.0152. The summed E-state index contributed by atoms with van der Waals surface area (Å²) in [7, 11) is 3.41. The molecule has 0 aromatic rings. The molecule has 2 N–H and O–H groups in total. The number of nitrogens with zero attached hydrogens (tertiary/aromatic N) is 1. The molecule has 0 saturated carbocycles. The van der Waals surface area contributed by atoms with Gasteiger partial charge in [0, 0.05) is 27.3 Å². The SMILES string of the molecule is CCC(C)(C(=O)N(C)CCCOC)C(N)=S. The van der Waals surface area contributed by atoms with E-state index in [0.717, 1.165) is 6.42 Å². The van der Waals surface area contributed by atoms with Crippen LogP contribution in [0.1, 0.15) is 26.7 Å². The van der Waals surface area contributed by atoms with Gasteiger partial charge < -0.3 is 15.4 Å². The number of carbonyl (C=O) groups excluding carboxylic acids is 1. The van der Waals surface area contributed by atoms with Crippen molar-refractivity contribution in [3.8, 4) is 0 Å². The van der Waals surface area contributed by atoms with Crippen LogP contribution in [-0.2, 0) is 9.53 Å². The van der Waals surface area contributed by atoms with Gasteiger partial charge in [0.1, 0.15) is 0 Å². The van der Waals surface area contributed by atoms with Crippen LogP contribution in [0.2, 0.25) is 0 Å². The lowest BCUT2D eigenvalue weighted by atomic mass is 9.86. The molecule has 0 radical (unpaired) electrons. The minimum Gasteiger partial charge on any atom is -0.392 e. The van der Waals surface area contributed by atoms with Crippen molar-refractivity contribution in [2.75, 3.05) is 27.3 Å². The van der Waals surface area contributed by atoms with Gasteiger partial charge >= 0.3 is 0 Å². The highest BCUT2D eigenvalue weighted by molar-refractivity contribution is 7.80. The van der Waals surface area contributed by atoms with Crippen molar-refractivity contribution in [3.63, 3.8) is 0 Å². The maximum atomic E-state index is 12.1. The van der Waals surface area contributed by atoms with Gasteiger partial charge in [-0.3, -0.25) is 4.79 Å². The fraction of sp³-hybridized carbons (Fsp3) is 0.818. The Balaban J connectivity index is 4.45. The lowest BCUT2D eigenvalue weighted by Gasteiger charge is -2.30. The standard InChI is InChI=1S/C11H22N2O2S/c1-5-11(2,9(12)16)10(14)13(3)7-6-8-15-4/h5-8H2,1-4H3,(H2,12,16). The van der Waals surface area contributed by atoms with Crippen LogP contribution in [0, 0.1) is 5.41 Å². The van der Waals surface area contributed by atoms with Gasteiger partial charge in [-0.25, -0.2) is 0 Å². The van der Waals surface area contributed by atoms with Gasteiger partial charge in [-0.15, -0.1) is 0 Å². The second kappa shape index (κ2) is 6.81. The maximum absolute atomic E-state index is 12.1. The summed E-state index contributed by atoms with van der Waals surface area (Å²) in [5.41, 5.74) is 4.91. The van der Waals surface area contributed by atoms with Gasteiger partial charge in [0.15, 0.2) is 0 Å². The van der Waals surface area contributed by atoms with E-state index in [-0.39, 0.29) is 10.9 Å². The van der Waals surface area contributed by atoms with Gasteiger partial charge in [-0.1, -0.05) is 19.1 Å². The zero-order chi connectivity index (χ0) is 12.8. The topological polar surface area (TPSA) is 55.6 Å². The number of thiocarbonyl (C=S) groups is 1. The molecule has 0 fully saturated rings.